The Hall–Kier alpha value is -0.930. The van der Waals surface area contributed by atoms with E-state index in [0.717, 1.165) is 31.4 Å². The van der Waals surface area contributed by atoms with Crippen molar-refractivity contribution in [1.82, 2.24) is 4.90 Å². The molecule has 0 fully saturated rings. The molecular formula is C17H29FN2. The molecule has 0 radical (unpaired) electrons. The first-order valence-electron chi connectivity index (χ1n) is 7.78. The maximum absolute atomic E-state index is 13.5. The molecule has 0 saturated carbocycles. The van der Waals surface area contributed by atoms with E-state index in [1.165, 1.54) is 6.07 Å². The van der Waals surface area contributed by atoms with Crippen molar-refractivity contribution in [3.05, 3.63) is 35.6 Å². The average molecular weight is 280 g/mol. The van der Waals surface area contributed by atoms with Crippen molar-refractivity contribution in [3.8, 4) is 0 Å². The highest BCUT2D eigenvalue weighted by Crippen LogP contribution is 2.27. The van der Waals surface area contributed by atoms with Crippen LogP contribution in [0.5, 0.6) is 0 Å². The van der Waals surface area contributed by atoms with Crippen LogP contribution in [0, 0.1) is 5.82 Å². The first-order chi connectivity index (χ1) is 9.51. The van der Waals surface area contributed by atoms with Gasteiger partial charge in [-0.05, 0) is 50.9 Å². The Morgan fingerprint density at radius 2 is 1.95 bits per heavy atom. The van der Waals surface area contributed by atoms with Crippen LogP contribution in [0.25, 0.3) is 0 Å². The zero-order valence-electron chi connectivity index (χ0n) is 13.3. The normalized spacial score (nSPS) is 16.1. The monoisotopic (exact) mass is 280 g/mol. The number of benzene rings is 1. The molecule has 0 heterocycles. The Bertz CT molecular complexity index is 392. The van der Waals surface area contributed by atoms with Crippen molar-refractivity contribution in [2.45, 2.75) is 65.1 Å². The molecule has 3 unspecified atom stereocenters. The third kappa shape index (κ3) is 4.57. The van der Waals surface area contributed by atoms with Crippen LogP contribution in [-0.2, 0) is 0 Å². The lowest BCUT2D eigenvalue weighted by atomic mass is 9.96. The van der Waals surface area contributed by atoms with Gasteiger partial charge in [-0.15, -0.1) is 0 Å². The van der Waals surface area contributed by atoms with Gasteiger partial charge in [0, 0.05) is 18.1 Å². The predicted molar refractivity (Wildman–Crippen MR) is 84.2 cm³/mol. The van der Waals surface area contributed by atoms with Crippen LogP contribution in [0.2, 0.25) is 0 Å². The lowest BCUT2D eigenvalue weighted by Gasteiger charge is -2.38. The van der Waals surface area contributed by atoms with E-state index in [0.29, 0.717) is 6.04 Å². The summed E-state index contributed by atoms with van der Waals surface area (Å²) in [5.41, 5.74) is 7.20. The molecule has 3 atom stereocenters. The Balaban J connectivity index is 3.06. The summed E-state index contributed by atoms with van der Waals surface area (Å²) in [4.78, 5) is 2.43. The largest absolute Gasteiger partial charge is 0.326 e. The third-order valence-corrected chi connectivity index (χ3v) is 3.97. The summed E-state index contributed by atoms with van der Waals surface area (Å²) < 4.78 is 13.5. The van der Waals surface area contributed by atoms with E-state index in [4.69, 9.17) is 5.73 Å². The van der Waals surface area contributed by atoms with Crippen molar-refractivity contribution >= 4 is 0 Å². The summed E-state index contributed by atoms with van der Waals surface area (Å²) >= 11 is 0. The Morgan fingerprint density at radius 1 is 1.25 bits per heavy atom. The summed E-state index contributed by atoms with van der Waals surface area (Å²) in [5.74, 6) is -0.187. The van der Waals surface area contributed by atoms with Crippen LogP contribution in [-0.4, -0.2) is 23.5 Å². The first-order valence-corrected chi connectivity index (χ1v) is 7.78. The maximum atomic E-state index is 13.5. The molecule has 2 N–H and O–H groups in total. The topological polar surface area (TPSA) is 29.3 Å². The van der Waals surface area contributed by atoms with Crippen LogP contribution < -0.4 is 5.73 Å². The fraction of sp³-hybridized carbons (Fsp3) is 0.647. The van der Waals surface area contributed by atoms with Crippen LogP contribution in [0.3, 0.4) is 0 Å². The van der Waals surface area contributed by atoms with Gasteiger partial charge in [-0.3, -0.25) is 4.90 Å². The fourth-order valence-electron chi connectivity index (χ4n) is 2.70. The molecule has 114 valence electrons. The maximum Gasteiger partial charge on any atom is 0.123 e. The van der Waals surface area contributed by atoms with Gasteiger partial charge in [-0.1, -0.05) is 32.4 Å². The van der Waals surface area contributed by atoms with E-state index >= 15 is 0 Å². The highest BCUT2D eigenvalue weighted by Gasteiger charge is 2.27. The zero-order valence-corrected chi connectivity index (χ0v) is 13.3. The molecule has 0 aromatic heterocycles. The molecule has 1 rings (SSSR count). The molecule has 0 aliphatic heterocycles. The number of nitrogens with two attached hydrogens (primary N) is 1. The predicted octanol–water partition coefficient (Wildman–Crippen LogP) is 4.11. The Labute approximate surface area is 123 Å². The molecule has 0 aliphatic rings. The van der Waals surface area contributed by atoms with Gasteiger partial charge >= 0.3 is 0 Å². The second kappa shape index (κ2) is 8.38. The van der Waals surface area contributed by atoms with E-state index < -0.39 is 0 Å². The molecular weight excluding hydrogens is 251 g/mol. The van der Waals surface area contributed by atoms with E-state index in [2.05, 4.69) is 25.7 Å². The van der Waals surface area contributed by atoms with Gasteiger partial charge in [0.05, 0.1) is 0 Å². The highest BCUT2D eigenvalue weighted by atomic mass is 19.1. The van der Waals surface area contributed by atoms with Crippen molar-refractivity contribution in [2.24, 2.45) is 5.73 Å². The summed E-state index contributed by atoms with van der Waals surface area (Å²) in [5, 5.41) is 0. The smallest absolute Gasteiger partial charge is 0.123 e. The van der Waals surface area contributed by atoms with Crippen LogP contribution in [0.15, 0.2) is 24.3 Å². The number of hydrogen-bond acceptors (Lipinski definition) is 2. The van der Waals surface area contributed by atoms with Gasteiger partial charge in [0.2, 0.25) is 0 Å². The van der Waals surface area contributed by atoms with Gasteiger partial charge in [0.1, 0.15) is 5.82 Å². The second-order valence-corrected chi connectivity index (χ2v) is 5.71. The molecule has 0 spiro atoms. The first kappa shape index (κ1) is 17.1. The van der Waals surface area contributed by atoms with Gasteiger partial charge < -0.3 is 5.73 Å². The minimum absolute atomic E-state index is 0.0253. The van der Waals surface area contributed by atoms with Crippen LogP contribution in [0.1, 0.15) is 58.6 Å². The Kier molecular flexibility index (Phi) is 7.17. The minimum Gasteiger partial charge on any atom is -0.326 e. The molecule has 1 aromatic rings. The van der Waals surface area contributed by atoms with E-state index in [1.807, 2.05) is 13.0 Å². The fourth-order valence-corrected chi connectivity index (χ4v) is 2.70. The summed E-state index contributed by atoms with van der Waals surface area (Å²) in [7, 11) is 0. The molecule has 0 bridgehead atoms. The molecule has 0 aliphatic carbocycles. The summed E-state index contributed by atoms with van der Waals surface area (Å²) in [6, 6.07) is 7.36. The lowest BCUT2D eigenvalue weighted by molar-refractivity contribution is 0.121. The SMILES string of the molecule is CCCCN(C(C)CC)C(c1cccc(F)c1)C(C)N. The van der Waals surface area contributed by atoms with Gasteiger partial charge in [-0.25, -0.2) is 4.39 Å². The van der Waals surface area contributed by atoms with Gasteiger partial charge in [0.25, 0.3) is 0 Å². The second-order valence-electron chi connectivity index (χ2n) is 5.71. The van der Waals surface area contributed by atoms with Gasteiger partial charge in [0.15, 0.2) is 0 Å². The number of unbranched alkanes of at least 4 members (excludes halogenated alkanes) is 1. The number of rotatable bonds is 8. The number of hydrogen-bond donors (Lipinski definition) is 1. The van der Waals surface area contributed by atoms with E-state index in [9.17, 15) is 4.39 Å². The highest BCUT2D eigenvalue weighted by molar-refractivity contribution is 5.22. The summed E-state index contributed by atoms with van der Waals surface area (Å²) in [6.45, 7) is 9.63. The molecule has 0 amide bonds. The average Bonchev–Trinajstić information content (AvgIpc) is 2.42. The van der Waals surface area contributed by atoms with Crippen molar-refractivity contribution in [3.63, 3.8) is 0 Å². The van der Waals surface area contributed by atoms with Crippen LogP contribution in [0.4, 0.5) is 4.39 Å². The van der Waals surface area contributed by atoms with Crippen molar-refractivity contribution in [1.29, 1.82) is 0 Å². The molecule has 2 nitrogen and oxygen atoms in total. The van der Waals surface area contributed by atoms with E-state index in [-0.39, 0.29) is 17.9 Å². The third-order valence-electron chi connectivity index (χ3n) is 3.97. The number of nitrogens with zero attached hydrogens (tertiary/aromatic N) is 1. The number of halogens is 1. The van der Waals surface area contributed by atoms with Crippen molar-refractivity contribution < 1.29 is 4.39 Å². The molecule has 20 heavy (non-hydrogen) atoms. The molecule has 3 heteroatoms. The minimum atomic E-state index is -0.187. The van der Waals surface area contributed by atoms with E-state index in [1.54, 1.807) is 12.1 Å². The van der Waals surface area contributed by atoms with Gasteiger partial charge in [-0.2, -0.15) is 0 Å². The summed E-state index contributed by atoms with van der Waals surface area (Å²) in [6.07, 6.45) is 3.37. The lowest BCUT2D eigenvalue weighted by Crippen LogP contribution is -2.44. The quantitative estimate of drug-likeness (QED) is 0.776. The molecule has 1 aromatic carbocycles. The van der Waals surface area contributed by atoms with Crippen molar-refractivity contribution in [2.75, 3.05) is 6.54 Å². The molecule has 0 saturated heterocycles. The Morgan fingerprint density at radius 3 is 2.45 bits per heavy atom. The standard InChI is InChI=1S/C17H29FN2/c1-5-7-11-20(13(3)6-2)17(14(4)19)15-9-8-10-16(18)12-15/h8-10,12-14,17H,5-7,11,19H2,1-4H3. The van der Waals surface area contributed by atoms with Crippen LogP contribution >= 0.6 is 0 Å². The zero-order chi connectivity index (χ0) is 15.1.